The largest absolute Gasteiger partial charge is 0.381 e. The summed E-state index contributed by atoms with van der Waals surface area (Å²) in [6, 6.07) is 9.14. The predicted octanol–water partition coefficient (Wildman–Crippen LogP) is 2.74. The van der Waals surface area contributed by atoms with E-state index < -0.39 is 0 Å². The second-order valence-corrected chi connectivity index (χ2v) is 8.09. The summed E-state index contributed by atoms with van der Waals surface area (Å²) >= 11 is 0. The van der Waals surface area contributed by atoms with Crippen LogP contribution < -0.4 is 10.6 Å². The highest BCUT2D eigenvalue weighted by Gasteiger charge is 2.23. The molecule has 1 heterocycles. The Hall–Kier alpha value is -1.63. The number of guanidine groups is 1. The lowest BCUT2D eigenvalue weighted by Gasteiger charge is -2.34. The summed E-state index contributed by atoms with van der Waals surface area (Å²) < 4.78 is 11.3. The van der Waals surface area contributed by atoms with Crippen LogP contribution in [0.4, 0.5) is 0 Å². The van der Waals surface area contributed by atoms with Gasteiger partial charge in [0.05, 0.1) is 25.8 Å². The van der Waals surface area contributed by atoms with Gasteiger partial charge in [-0.25, -0.2) is 0 Å². The fourth-order valence-corrected chi connectivity index (χ4v) is 3.54. The van der Waals surface area contributed by atoms with Gasteiger partial charge in [0.15, 0.2) is 5.96 Å². The molecule has 1 aliphatic heterocycles. The molecule has 2 aliphatic rings. The molecule has 0 aromatic heterocycles. The smallest absolute Gasteiger partial charge is 0.191 e. The van der Waals surface area contributed by atoms with Crippen LogP contribution >= 0.6 is 0 Å². The van der Waals surface area contributed by atoms with Crippen LogP contribution in [0.3, 0.4) is 0 Å². The van der Waals surface area contributed by atoms with Gasteiger partial charge in [-0.1, -0.05) is 29.8 Å². The highest BCUT2D eigenvalue weighted by Crippen LogP contribution is 2.28. The van der Waals surface area contributed by atoms with Crippen molar-refractivity contribution in [3.63, 3.8) is 0 Å². The van der Waals surface area contributed by atoms with E-state index in [1.165, 1.54) is 24.0 Å². The molecule has 162 valence electrons. The number of rotatable bonds is 11. The van der Waals surface area contributed by atoms with Crippen LogP contribution in [0, 0.1) is 12.8 Å². The Morgan fingerprint density at radius 2 is 1.97 bits per heavy atom. The summed E-state index contributed by atoms with van der Waals surface area (Å²) in [5, 5.41) is 6.83. The molecule has 29 heavy (non-hydrogen) atoms. The minimum absolute atomic E-state index is 0.275. The molecule has 6 nitrogen and oxygen atoms in total. The molecule has 1 aromatic carbocycles. The molecule has 0 radical (unpaired) electrons. The monoisotopic (exact) mass is 402 g/mol. The van der Waals surface area contributed by atoms with Crippen molar-refractivity contribution in [2.45, 2.75) is 39.2 Å². The number of hydrogen-bond donors (Lipinski definition) is 2. The molecule has 0 bridgehead atoms. The Labute approximate surface area is 176 Å². The van der Waals surface area contributed by atoms with E-state index in [-0.39, 0.29) is 6.04 Å². The Morgan fingerprint density at radius 3 is 2.66 bits per heavy atom. The van der Waals surface area contributed by atoms with E-state index in [1.54, 1.807) is 0 Å². The van der Waals surface area contributed by atoms with E-state index in [4.69, 9.17) is 14.5 Å². The van der Waals surface area contributed by atoms with Crippen molar-refractivity contribution in [2.24, 2.45) is 10.9 Å². The molecule has 1 aliphatic carbocycles. The first-order chi connectivity index (χ1) is 14.3. The number of benzene rings is 1. The summed E-state index contributed by atoms with van der Waals surface area (Å²) in [4.78, 5) is 7.41. The van der Waals surface area contributed by atoms with Crippen LogP contribution in [0.1, 0.15) is 43.4 Å². The molecule has 0 amide bonds. The first kappa shape index (κ1) is 22.1. The Morgan fingerprint density at radius 1 is 1.21 bits per heavy atom. The Bertz CT molecular complexity index is 610. The highest BCUT2D eigenvalue weighted by atomic mass is 16.5. The third kappa shape index (κ3) is 7.96. The van der Waals surface area contributed by atoms with Gasteiger partial charge in [-0.3, -0.25) is 9.89 Å². The summed E-state index contributed by atoms with van der Waals surface area (Å²) in [7, 11) is 0. The van der Waals surface area contributed by atoms with Gasteiger partial charge in [0, 0.05) is 39.4 Å². The van der Waals surface area contributed by atoms with Crippen LogP contribution in [0.25, 0.3) is 0 Å². The maximum absolute atomic E-state index is 5.73. The van der Waals surface area contributed by atoms with Crippen LogP contribution in [0.2, 0.25) is 0 Å². The van der Waals surface area contributed by atoms with Crippen molar-refractivity contribution in [3.8, 4) is 0 Å². The number of ether oxygens (including phenoxy) is 2. The van der Waals surface area contributed by atoms with E-state index in [0.717, 1.165) is 77.4 Å². The summed E-state index contributed by atoms with van der Waals surface area (Å²) in [6.07, 6.45) is 3.70. The van der Waals surface area contributed by atoms with Crippen molar-refractivity contribution in [1.29, 1.82) is 0 Å². The van der Waals surface area contributed by atoms with Crippen LogP contribution in [-0.2, 0) is 9.47 Å². The number of hydrogen-bond acceptors (Lipinski definition) is 4. The number of aryl methyl sites for hydroxylation is 1. The average Bonchev–Trinajstić information content (AvgIpc) is 3.57. The van der Waals surface area contributed by atoms with Gasteiger partial charge < -0.3 is 20.1 Å². The fraction of sp³-hybridized carbons (Fsp3) is 0.696. The van der Waals surface area contributed by atoms with E-state index in [9.17, 15) is 0 Å². The summed E-state index contributed by atoms with van der Waals surface area (Å²) in [5.74, 6) is 1.72. The zero-order valence-electron chi connectivity index (χ0n) is 18.2. The molecule has 1 unspecified atom stereocenters. The lowest BCUT2D eigenvalue weighted by molar-refractivity contribution is 0.0179. The molecule has 1 aromatic rings. The van der Waals surface area contributed by atoms with Crippen LogP contribution in [0.15, 0.2) is 29.3 Å². The molecule has 6 heteroatoms. The van der Waals surface area contributed by atoms with Gasteiger partial charge >= 0.3 is 0 Å². The molecule has 0 spiro atoms. The third-order valence-electron chi connectivity index (χ3n) is 5.52. The number of nitrogens with zero attached hydrogens (tertiary/aromatic N) is 2. The maximum atomic E-state index is 5.73. The standard InChI is InChI=1S/C23H38N4O2/c1-3-24-23(25-11-4-14-29-18-20-7-8-20)26-17-22(27-12-15-28-16-13-27)21-9-5-19(2)6-10-21/h5-6,9-10,20,22H,3-4,7-8,11-18H2,1-2H3,(H2,24,25,26). The quantitative estimate of drug-likeness (QED) is 0.339. The molecule has 1 atom stereocenters. The number of morpholine rings is 1. The maximum Gasteiger partial charge on any atom is 0.191 e. The van der Waals surface area contributed by atoms with Crippen molar-refractivity contribution >= 4 is 5.96 Å². The van der Waals surface area contributed by atoms with E-state index in [2.05, 4.69) is 53.6 Å². The zero-order valence-corrected chi connectivity index (χ0v) is 18.2. The summed E-state index contributed by atoms with van der Waals surface area (Å²) in [6.45, 7) is 12.0. The Balaban J connectivity index is 1.53. The second kappa shape index (κ2) is 12.2. The van der Waals surface area contributed by atoms with Crippen LogP contribution in [-0.4, -0.2) is 70.0 Å². The molecule has 1 saturated heterocycles. The minimum atomic E-state index is 0.275. The molecular formula is C23H38N4O2. The van der Waals surface area contributed by atoms with Crippen molar-refractivity contribution in [1.82, 2.24) is 15.5 Å². The highest BCUT2D eigenvalue weighted by molar-refractivity contribution is 5.79. The average molecular weight is 403 g/mol. The second-order valence-electron chi connectivity index (χ2n) is 8.09. The Kier molecular flexibility index (Phi) is 9.25. The first-order valence-electron chi connectivity index (χ1n) is 11.2. The minimum Gasteiger partial charge on any atom is -0.381 e. The van der Waals surface area contributed by atoms with E-state index in [0.29, 0.717) is 0 Å². The van der Waals surface area contributed by atoms with Crippen molar-refractivity contribution < 1.29 is 9.47 Å². The molecular weight excluding hydrogens is 364 g/mol. The lowest BCUT2D eigenvalue weighted by atomic mass is 10.0. The first-order valence-corrected chi connectivity index (χ1v) is 11.2. The van der Waals surface area contributed by atoms with Crippen molar-refractivity contribution in [3.05, 3.63) is 35.4 Å². The third-order valence-corrected chi connectivity index (χ3v) is 5.52. The fourth-order valence-electron chi connectivity index (χ4n) is 3.54. The normalized spacial score (nSPS) is 19.2. The van der Waals surface area contributed by atoms with Crippen molar-refractivity contribution in [2.75, 3.05) is 59.2 Å². The van der Waals surface area contributed by atoms with Gasteiger partial charge in [0.25, 0.3) is 0 Å². The van der Waals surface area contributed by atoms with Gasteiger partial charge in [-0.2, -0.15) is 0 Å². The molecule has 2 N–H and O–H groups in total. The van der Waals surface area contributed by atoms with Gasteiger partial charge in [0.1, 0.15) is 0 Å². The number of nitrogens with one attached hydrogen (secondary N) is 2. The van der Waals surface area contributed by atoms with Gasteiger partial charge in [-0.15, -0.1) is 0 Å². The van der Waals surface area contributed by atoms with E-state index >= 15 is 0 Å². The SMILES string of the molecule is CCNC(=NCC(c1ccc(C)cc1)N1CCOCC1)NCCCOCC1CC1. The number of aliphatic imine (C=N–C) groups is 1. The molecule has 2 fully saturated rings. The van der Waals surface area contributed by atoms with Gasteiger partial charge in [-0.05, 0) is 44.6 Å². The molecule has 1 saturated carbocycles. The zero-order chi connectivity index (χ0) is 20.3. The lowest BCUT2D eigenvalue weighted by Crippen LogP contribution is -2.42. The van der Waals surface area contributed by atoms with Crippen LogP contribution in [0.5, 0.6) is 0 Å². The predicted molar refractivity (Wildman–Crippen MR) is 118 cm³/mol. The van der Waals surface area contributed by atoms with Gasteiger partial charge in [0.2, 0.25) is 0 Å². The summed E-state index contributed by atoms with van der Waals surface area (Å²) in [5.41, 5.74) is 2.61. The van der Waals surface area contributed by atoms with E-state index in [1.807, 2.05) is 0 Å². The topological polar surface area (TPSA) is 58.1 Å². The molecule has 3 rings (SSSR count).